The molecule has 0 radical (unpaired) electrons. The summed E-state index contributed by atoms with van der Waals surface area (Å²) in [6.45, 7) is 0. The molecule has 0 saturated carbocycles. The van der Waals surface area contributed by atoms with Gasteiger partial charge in [0, 0.05) is 27.7 Å². The standard InChI is InChI=1S/C10H7ClN2O2/c11-8-1-2-10-7(5-8)6-9(12-10)3-4-13(14)15/h1-6,12H/b4-3+. The van der Waals surface area contributed by atoms with Crippen LogP contribution in [0.25, 0.3) is 17.0 Å². The number of hydrogen-bond acceptors (Lipinski definition) is 2. The molecular formula is C10H7ClN2O2. The molecule has 0 fully saturated rings. The van der Waals surface area contributed by atoms with E-state index in [-0.39, 0.29) is 0 Å². The Morgan fingerprint density at radius 3 is 2.93 bits per heavy atom. The smallest absolute Gasteiger partial charge is 0.236 e. The highest BCUT2D eigenvalue weighted by Crippen LogP contribution is 2.20. The zero-order chi connectivity index (χ0) is 10.8. The van der Waals surface area contributed by atoms with Crippen molar-refractivity contribution in [1.29, 1.82) is 0 Å². The molecule has 0 amide bonds. The summed E-state index contributed by atoms with van der Waals surface area (Å²) in [5.74, 6) is 0. The summed E-state index contributed by atoms with van der Waals surface area (Å²) >= 11 is 5.82. The van der Waals surface area contributed by atoms with Crippen LogP contribution in [-0.2, 0) is 0 Å². The van der Waals surface area contributed by atoms with E-state index in [4.69, 9.17) is 11.6 Å². The van der Waals surface area contributed by atoms with E-state index in [1.165, 1.54) is 6.08 Å². The lowest BCUT2D eigenvalue weighted by molar-refractivity contribution is -0.400. The van der Waals surface area contributed by atoms with E-state index in [0.717, 1.165) is 17.1 Å². The summed E-state index contributed by atoms with van der Waals surface area (Å²) in [5, 5.41) is 11.7. The molecule has 15 heavy (non-hydrogen) atoms. The van der Waals surface area contributed by atoms with Crippen molar-refractivity contribution in [3.63, 3.8) is 0 Å². The lowest BCUT2D eigenvalue weighted by Gasteiger charge is -1.88. The highest BCUT2D eigenvalue weighted by atomic mass is 35.5. The van der Waals surface area contributed by atoms with Gasteiger partial charge in [0.2, 0.25) is 6.20 Å². The van der Waals surface area contributed by atoms with Crippen LogP contribution in [0, 0.1) is 10.1 Å². The SMILES string of the molecule is O=[N+]([O-])/C=C/c1cc2cc(Cl)ccc2[nH]1. The third kappa shape index (κ3) is 2.16. The van der Waals surface area contributed by atoms with Gasteiger partial charge in [0.25, 0.3) is 0 Å². The number of nitrogens with zero attached hydrogens (tertiary/aromatic N) is 1. The minimum atomic E-state index is -0.502. The van der Waals surface area contributed by atoms with Crippen LogP contribution in [-0.4, -0.2) is 9.91 Å². The lowest BCUT2D eigenvalue weighted by atomic mass is 10.2. The van der Waals surface area contributed by atoms with Crippen LogP contribution in [0.3, 0.4) is 0 Å². The summed E-state index contributed by atoms with van der Waals surface area (Å²) in [6.07, 6.45) is 2.31. The Morgan fingerprint density at radius 1 is 1.40 bits per heavy atom. The maximum atomic E-state index is 10.1. The average molecular weight is 223 g/mol. The molecule has 2 rings (SSSR count). The monoisotopic (exact) mass is 222 g/mol. The van der Waals surface area contributed by atoms with Gasteiger partial charge in [-0.2, -0.15) is 0 Å². The molecule has 1 heterocycles. The largest absolute Gasteiger partial charge is 0.355 e. The number of rotatable bonds is 2. The normalized spacial score (nSPS) is 11.3. The highest BCUT2D eigenvalue weighted by molar-refractivity contribution is 6.31. The second-order valence-electron chi connectivity index (χ2n) is 3.06. The molecule has 0 aliphatic carbocycles. The molecule has 4 nitrogen and oxygen atoms in total. The number of aromatic nitrogens is 1. The third-order valence-electron chi connectivity index (χ3n) is 1.98. The van der Waals surface area contributed by atoms with Gasteiger partial charge in [-0.25, -0.2) is 0 Å². The Morgan fingerprint density at radius 2 is 2.20 bits per heavy atom. The van der Waals surface area contributed by atoms with Crippen LogP contribution in [0.1, 0.15) is 5.69 Å². The first kappa shape index (κ1) is 9.73. The molecule has 1 aromatic carbocycles. The fraction of sp³-hybridized carbons (Fsp3) is 0. The fourth-order valence-electron chi connectivity index (χ4n) is 1.36. The van der Waals surface area contributed by atoms with E-state index in [2.05, 4.69) is 4.98 Å². The predicted octanol–water partition coefficient (Wildman–Crippen LogP) is 3.07. The van der Waals surface area contributed by atoms with Crippen molar-refractivity contribution < 1.29 is 4.92 Å². The summed E-state index contributed by atoms with van der Waals surface area (Å²) in [6, 6.07) is 7.21. The maximum Gasteiger partial charge on any atom is 0.236 e. The Labute approximate surface area is 90.3 Å². The fourth-order valence-corrected chi connectivity index (χ4v) is 1.54. The molecular weight excluding hydrogens is 216 g/mol. The Hall–Kier alpha value is -1.81. The molecule has 0 saturated heterocycles. The summed E-state index contributed by atoms with van der Waals surface area (Å²) in [5.41, 5.74) is 1.59. The molecule has 0 spiro atoms. The van der Waals surface area contributed by atoms with Crippen LogP contribution < -0.4 is 0 Å². The second kappa shape index (κ2) is 3.74. The zero-order valence-corrected chi connectivity index (χ0v) is 8.36. The first-order chi connectivity index (χ1) is 7.15. The Bertz CT molecular complexity index is 545. The minimum absolute atomic E-state index is 0.502. The highest BCUT2D eigenvalue weighted by Gasteiger charge is 1.99. The first-order valence-electron chi connectivity index (χ1n) is 4.25. The van der Waals surface area contributed by atoms with Crippen molar-refractivity contribution in [3.8, 4) is 0 Å². The Kier molecular flexibility index (Phi) is 2.43. The number of fused-ring (bicyclic) bond motifs is 1. The first-order valence-corrected chi connectivity index (χ1v) is 4.63. The number of benzene rings is 1. The molecule has 2 aromatic rings. The maximum absolute atomic E-state index is 10.1. The van der Waals surface area contributed by atoms with Gasteiger partial charge in [-0.3, -0.25) is 10.1 Å². The van der Waals surface area contributed by atoms with Gasteiger partial charge in [0.05, 0.1) is 4.92 Å². The number of hydrogen-bond donors (Lipinski definition) is 1. The van der Waals surface area contributed by atoms with Gasteiger partial charge in [0.15, 0.2) is 0 Å². The van der Waals surface area contributed by atoms with Gasteiger partial charge in [-0.1, -0.05) is 11.6 Å². The van der Waals surface area contributed by atoms with Crippen molar-refractivity contribution in [2.75, 3.05) is 0 Å². The molecule has 1 N–H and O–H groups in total. The van der Waals surface area contributed by atoms with Gasteiger partial charge in [0.1, 0.15) is 0 Å². The summed E-state index contributed by atoms with van der Waals surface area (Å²) in [4.78, 5) is 12.7. The lowest BCUT2D eigenvalue weighted by Crippen LogP contribution is -1.81. The van der Waals surface area contributed by atoms with E-state index in [1.54, 1.807) is 18.2 Å². The molecule has 5 heteroatoms. The van der Waals surface area contributed by atoms with Crippen molar-refractivity contribution in [3.05, 3.63) is 51.3 Å². The van der Waals surface area contributed by atoms with Crippen molar-refractivity contribution in [2.24, 2.45) is 0 Å². The quantitative estimate of drug-likeness (QED) is 0.627. The van der Waals surface area contributed by atoms with Crippen molar-refractivity contribution in [1.82, 2.24) is 4.98 Å². The van der Waals surface area contributed by atoms with Gasteiger partial charge >= 0.3 is 0 Å². The van der Waals surface area contributed by atoms with Crippen LogP contribution in [0.4, 0.5) is 0 Å². The molecule has 76 valence electrons. The molecule has 0 aliphatic rings. The van der Waals surface area contributed by atoms with Gasteiger partial charge in [-0.15, -0.1) is 0 Å². The molecule has 0 bridgehead atoms. The van der Waals surface area contributed by atoms with E-state index in [1.807, 2.05) is 6.07 Å². The van der Waals surface area contributed by atoms with E-state index < -0.39 is 4.92 Å². The van der Waals surface area contributed by atoms with E-state index in [0.29, 0.717) is 10.7 Å². The van der Waals surface area contributed by atoms with Crippen LogP contribution in [0.5, 0.6) is 0 Å². The zero-order valence-electron chi connectivity index (χ0n) is 7.61. The van der Waals surface area contributed by atoms with Gasteiger partial charge in [-0.05, 0) is 24.3 Å². The van der Waals surface area contributed by atoms with Crippen LogP contribution in [0.2, 0.25) is 5.02 Å². The van der Waals surface area contributed by atoms with Crippen LogP contribution >= 0.6 is 11.6 Å². The number of H-pyrrole nitrogens is 1. The van der Waals surface area contributed by atoms with Crippen molar-refractivity contribution in [2.45, 2.75) is 0 Å². The number of nitro groups is 1. The molecule has 0 unspecified atom stereocenters. The number of aromatic amines is 1. The molecule has 1 aromatic heterocycles. The second-order valence-corrected chi connectivity index (χ2v) is 3.49. The average Bonchev–Trinajstić information content (AvgIpc) is 2.56. The number of halogens is 1. The number of nitrogens with one attached hydrogen (secondary N) is 1. The van der Waals surface area contributed by atoms with Crippen molar-refractivity contribution >= 4 is 28.6 Å². The predicted molar refractivity (Wildman–Crippen MR) is 59.3 cm³/mol. The minimum Gasteiger partial charge on any atom is -0.355 e. The van der Waals surface area contributed by atoms with E-state index >= 15 is 0 Å². The molecule has 0 atom stereocenters. The topological polar surface area (TPSA) is 58.9 Å². The van der Waals surface area contributed by atoms with Crippen LogP contribution in [0.15, 0.2) is 30.5 Å². The molecule has 0 aliphatic heterocycles. The summed E-state index contributed by atoms with van der Waals surface area (Å²) < 4.78 is 0. The third-order valence-corrected chi connectivity index (χ3v) is 2.21. The van der Waals surface area contributed by atoms with E-state index in [9.17, 15) is 10.1 Å². The summed E-state index contributed by atoms with van der Waals surface area (Å²) in [7, 11) is 0. The Balaban J connectivity index is 2.43. The van der Waals surface area contributed by atoms with Gasteiger partial charge < -0.3 is 4.98 Å².